The van der Waals surface area contributed by atoms with Crippen LogP contribution in [0.3, 0.4) is 0 Å². The minimum absolute atomic E-state index is 0.278. The van der Waals surface area contributed by atoms with E-state index in [0.29, 0.717) is 5.65 Å². The van der Waals surface area contributed by atoms with Gasteiger partial charge >= 0.3 is 0 Å². The number of H-pyrrole nitrogens is 2. The van der Waals surface area contributed by atoms with Crippen molar-refractivity contribution in [2.75, 3.05) is 0 Å². The summed E-state index contributed by atoms with van der Waals surface area (Å²) in [5.41, 5.74) is 7.46. The molecule has 6 aromatic rings. The van der Waals surface area contributed by atoms with Crippen LogP contribution in [0.15, 0.2) is 73.7 Å². The van der Waals surface area contributed by atoms with Gasteiger partial charge in [0.05, 0.1) is 35.4 Å². The average Bonchev–Trinajstić information content (AvgIpc) is 3.58. The quantitative estimate of drug-likeness (QED) is 0.294. The molecule has 8 nitrogen and oxygen atoms in total. The van der Waals surface area contributed by atoms with Crippen LogP contribution in [0.4, 0.5) is 0 Å². The lowest BCUT2D eigenvalue weighted by Crippen LogP contribution is -2.19. The second-order valence-electron chi connectivity index (χ2n) is 9.55. The summed E-state index contributed by atoms with van der Waals surface area (Å²) in [6.45, 7) is 0. The van der Waals surface area contributed by atoms with Crippen LogP contribution in [-0.2, 0) is 0 Å². The molecule has 1 fully saturated rings. The second kappa shape index (κ2) is 9.13. The number of ether oxygens (including phenoxy) is 1. The van der Waals surface area contributed by atoms with Crippen molar-refractivity contribution in [3.05, 3.63) is 73.7 Å². The largest absolute Gasteiger partial charge is 0.489 e. The van der Waals surface area contributed by atoms with Crippen molar-refractivity contribution >= 4 is 21.9 Å². The van der Waals surface area contributed by atoms with Crippen molar-refractivity contribution in [3.8, 4) is 39.4 Å². The van der Waals surface area contributed by atoms with Crippen molar-refractivity contribution in [1.29, 1.82) is 0 Å². The molecule has 0 aromatic carbocycles. The van der Waals surface area contributed by atoms with E-state index in [-0.39, 0.29) is 6.10 Å². The minimum Gasteiger partial charge on any atom is -0.489 e. The van der Waals surface area contributed by atoms with Gasteiger partial charge in [-0.1, -0.05) is 6.42 Å². The van der Waals surface area contributed by atoms with Gasteiger partial charge in [-0.2, -0.15) is 5.10 Å². The van der Waals surface area contributed by atoms with Crippen molar-refractivity contribution in [2.45, 2.75) is 38.2 Å². The first-order valence-corrected chi connectivity index (χ1v) is 12.7. The summed E-state index contributed by atoms with van der Waals surface area (Å²) in [6.07, 6.45) is 19.1. The van der Waals surface area contributed by atoms with Gasteiger partial charge in [-0.05, 0) is 61.6 Å². The Kier molecular flexibility index (Phi) is 5.35. The minimum atomic E-state index is 0.278. The third-order valence-electron chi connectivity index (χ3n) is 7.12. The van der Waals surface area contributed by atoms with Gasteiger partial charge in [0.15, 0.2) is 5.65 Å². The molecule has 0 atom stereocenters. The summed E-state index contributed by atoms with van der Waals surface area (Å²) in [6, 6.07) is 10.3. The Labute approximate surface area is 213 Å². The van der Waals surface area contributed by atoms with E-state index < -0.39 is 0 Å². The summed E-state index contributed by atoms with van der Waals surface area (Å²) in [4.78, 5) is 21.2. The third-order valence-corrected chi connectivity index (χ3v) is 7.12. The zero-order chi connectivity index (χ0) is 24.6. The molecule has 0 amide bonds. The smallest absolute Gasteiger partial charge is 0.181 e. The van der Waals surface area contributed by atoms with E-state index in [0.717, 1.165) is 68.5 Å². The molecule has 0 unspecified atom stereocenters. The molecule has 37 heavy (non-hydrogen) atoms. The van der Waals surface area contributed by atoms with Crippen LogP contribution < -0.4 is 4.74 Å². The van der Waals surface area contributed by atoms with Gasteiger partial charge in [0.2, 0.25) is 0 Å². The molecule has 6 heterocycles. The normalized spacial score (nSPS) is 14.4. The molecular formula is C29H25N7O. The molecule has 8 heteroatoms. The maximum Gasteiger partial charge on any atom is 0.181 e. The molecule has 0 saturated heterocycles. The first-order valence-electron chi connectivity index (χ1n) is 12.7. The van der Waals surface area contributed by atoms with E-state index in [1.807, 2.05) is 36.9 Å². The zero-order valence-corrected chi connectivity index (χ0v) is 20.2. The van der Waals surface area contributed by atoms with Crippen molar-refractivity contribution in [2.24, 2.45) is 0 Å². The highest BCUT2D eigenvalue weighted by atomic mass is 16.5. The van der Waals surface area contributed by atoms with Crippen LogP contribution in [0, 0.1) is 0 Å². The summed E-state index contributed by atoms with van der Waals surface area (Å²) < 4.78 is 6.25. The number of nitrogens with one attached hydrogen (secondary N) is 2. The highest BCUT2D eigenvalue weighted by Gasteiger charge is 2.17. The second-order valence-corrected chi connectivity index (χ2v) is 9.55. The Hall–Kier alpha value is -4.59. The molecule has 6 aromatic heterocycles. The predicted octanol–water partition coefficient (Wildman–Crippen LogP) is 6.34. The molecule has 1 saturated carbocycles. The zero-order valence-electron chi connectivity index (χ0n) is 20.2. The van der Waals surface area contributed by atoms with Gasteiger partial charge in [-0.15, -0.1) is 0 Å². The van der Waals surface area contributed by atoms with Gasteiger partial charge in [0.1, 0.15) is 5.75 Å². The fourth-order valence-corrected chi connectivity index (χ4v) is 5.23. The van der Waals surface area contributed by atoms with Gasteiger partial charge in [0.25, 0.3) is 0 Å². The molecule has 0 spiro atoms. The molecule has 182 valence electrons. The number of hydrogen-bond acceptors (Lipinski definition) is 6. The van der Waals surface area contributed by atoms with Gasteiger partial charge < -0.3 is 9.72 Å². The van der Waals surface area contributed by atoms with Crippen molar-refractivity contribution < 1.29 is 4.74 Å². The number of rotatable bonds is 5. The Morgan fingerprint density at radius 3 is 2.49 bits per heavy atom. The SMILES string of the molecule is c1cc(-c2cncc3[nH]c(-c4[nH]nc5ncc(-c6cncc(OC7CCCCC7)c6)cc45)cc23)ccn1. The summed E-state index contributed by atoms with van der Waals surface area (Å²) in [7, 11) is 0. The van der Waals surface area contributed by atoms with Crippen LogP contribution in [-0.4, -0.2) is 41.2 Å². The highest BCUT2D eigenvalue weighted by molar-refractivity contribution is 6.00. The number of aromatic nitrogens is 7. The molecular weight excluding hydrogens is 462 g/mol. The predicted molar refractivity (Wildman–Crippen MR) is 143 cm³/mol. The average molecular weight is 488 g/mol. The van der Waals surface area contributed by atoms with Crippen LogP contribution >= 0.6 is 0 Å². The first-order chi connectivity index (χ1) is 18.3. The van der Waals surface area contributed by atoms with Crippen molar-refractivity contribution in [3.63, 3.8) is 0 Å². The molecule has 0 bridgehead atoms. The van der Waals surface area contributed by atoms with E-state index in [1.54, 1.807) is 18.6 Å². The molecule has 0 aliphatic heterocycles. The lowest BCUT2D eigenvalue weighted by Gasteiger charge is -2.23. The first kappa shape index (κ1) is 21.7. The summed E-state index contributed by atoms with van der Waals surface area (Å²) >= 11 is 0. The summed E-state index contributed by atoms with van der Waals surface area (Å²) in [5.74, 6) is 0.809. The van der Waals surface area contributed by atoms with Crippen LogP contribution in [0.25, 0.3) is 55.6 Å². The van der Waals surface area contributed by atoms with E-state index in [1.165, 1.54) is 19.3 Å². The highest BCUT2D eigenvalue weighted by Crippen LogP contribution is 2.34. The molecule has 7 rings (SSSR count). The number of nitrogens with zero attached hydrogens (tertiary/aromatic N) is 5. The van der Waals surface area contributed by atoms with Gasteiger partial charge in [-0.25, -0.2) is 4.98 Å². The van der Waals surface area contributed by atoms with Crippen LogP contribution in [0.2, 0.25) is 0 Å². The summed E-state index contributed by atoms with van der Waals surface area (Å²) in [5, 5.41) is 9.65. The third kappa shape index (κ3) is 4.10. The molecule has 1 aliphatic rings. The van der Waals surface area contributed by atoms with Crippen LogP contribution in [0.5, 0.6) is 5.75 Å². The molecule has 2 N–H and O–H groups in total. The number of fused-ring (bicyclic) bond motifs is 2. The van der Waals surface area contributed by atoms with E-state index in [9.17, 15) is 0 Å². The lowest BCUT2D eigenvalue weighted by atomic mass is 9.98. The maximum atomic E-state index is 6.25. The van der Waals surface area contributed by atoms with Crippen LogP contribution in [0.1, 0.15) is 32.1 Å². The van der Waals surface area contributed by atoms with E-state index >= 15 is 0 Å². The fourth-order valence-electron chi connectivity index (χ4n) is 5.23. The van der Waals surface area contributed by atoms with E-state index in [2.05, 4.69) is 53.3 Å². The monoisotopic (exact) mass is 487 g/mol. The Bertz CT molecular complexity index is 1700. The molecule has 0 radical (unpaired) electrons. The fraction of sp³-hybridized carbons (Fsp3) is 0.207. The Morgan fingerprint density at radius 2 is 1.59 bits per heavy atom. The lowest BCUT2D eigenvalue weighted by molar-refractivity contribution is 0.154. The standard InChI is InChI=1S/C29H25N7O/c1-2-4-21(5-3-1)37-22-10-19(13-31-15-22)20-11-24-28(35-36-29(24)33-14-20)26-12-23-25(16-32-17-27(23)34-26)18-6-8-30-9-7-18/h6-17,21,34H,1-5H2,(H,33,35,36). The maximum absolute atomic E-state index is 6.25. The topological polar surface area (TPSA) is 105 Å². The van der Waals surface area contributed by atoms with E-state index in [4.69, 9.17) is 4.74 Å². The van der Waals surface area contributed by atoms with Crippen molar-refractivity contribution in [1.82, 2.24) is 35.1 Å². The Morgan fingerprint density at radius 1 is 0.757 bits per heavy atom. The van der Waals surface area contributed by atoms with Gasteiger partial charge in [-0.3, -0.25) is 20.1 Å². The molecule has 1 aliphatic carbocycles. The number of hydrogen-bond donors (Lipinski definition) is 2. The number of pyridine rings is 4. The Balaban J connectivity index is 1.26. The number of aromatic amines is 2. The van der Waals surface area contributed by atoms with Gasteiger partial charge in [0, 0.05) is 58.4 Å².